The first-order valence-electron chi connectivity index (χ1n) is 6.61. The van der Waals surface area contributed by atoms with Gasteiger partial charge in [0, 0.05) is 18.3 Å². The summed E-state index contributed by atoms with van der Waals surface area (Å²) in [6.07, 6.45) is 2.25. The lowest BCUT2D eigenvalue weighted by Crippen LogP contribution is -2.19. The van der Waals surface area contributed by atoms with Crippen molar-refractivity contribution in [3.63, 3.8) is 0 Å². The van der Waals surface area contributed by atoms with Crippen LogP contribution in [0.15, 0.2) is 41.9 Å². The predicted octanol–water partition coefficient (Wildman–Crippen LogP) is 4.08. The molecule has 0 radical (unpaired) electrons. The molecular formula is C16H14F2N2S. The van der Waals surface area contributed by atoms with Crippen LogP contribution in [0, 0.1) is 11.6 Å². The second-order valence-electron chi connectivity index (χ2n) is 4.85. The second-order valence-corrected chi connectivity index (χ2v) is 5.80. The number of halogens is 2. The van der Waals surface area contributed by atoms with Crippen LogP contribution in [-0.4, -0.2) is 12.0 Å². The van der Waals surface area contributed by atoms with E-state index < -0.39 is 11.6 Å². The molecule has 0 aliphatic heterocycles. The molecule has 1 unspecified atom stereocenters. The Labute approximate surface area is 125 Å². The van der Waals surface area contributed by atoms with Crippen LogP contribution in [0.2, 0.25) is 0 Å². The Morgan fingerprint density at radius 3 is 2.86 bits per heavy atom. The summed E-state index contributed by atoms with van der Waals surface area (Å²) in [7, 11) is 1.82. The number of fused-ring (bicyclic) bond motifs is 1. The molecule has 0 bridgehead atoms. The molecule has 1 N–H and O–H groups in total. The molecule has 3 aromatic rings. The van der Waals surface area contributed by atoms with Crippen LogP contribution in [-0.2, 0) is 6.42 Å². The van der Waals surface area contributed by atoms with Gasteiger partial charge in [0.25, 0.3) is 0 Å². The van der Waals surface area contributed by atoms with Gasteiger partial charge in [-0.3, -0.25) is 4.98 Å². The van der Waals surface area contributed by atoms with Crippen molar-refractivity contribution in [1.82, 2.24) is 10.3 Å². The van der Waals surface area contributed by atoms with Crippen LogP contribution in [0.25, 0.3) is 10.2 Å². The van der Waals surface area contributed by atoms with E-state index in [0.717, 1.165) is 21.8 Å². The Kier molecular flexibility index (Phi) is 3.94. The average Bonchev–Trinajstić information content (AvgIpc) is 2.94. The van der Waals surface area contributed by atoms with Crippen LogP contribution in [0.4, 0.5) is 8.78 Å². The molecule has 108 valence electrons. The molecule has 1 aromatic carbocycles. The van der Waals surface area contributed by atoms with E-state index in [2.05, 4.69) is 16.4 Å². The van der Waals surface area contributed by atoms with E-state index in [1.54, 1.807) is 17.5 Å². The summed E-state index contributed by atoms with van der Waals surface area (Å²) in [6, 6.07) is 7.66. The van der Waals surface area contributed by atoms with Gasteiger partial charge in [-0.1, -0.05) is 6.07 Å². The SMILES string of the molecule is CNC(Cc1ccc(F)cc1F)c1cnc2ccsc2c1. The standard InChI is InChI=1S/C16H14F2N2S/c1-19-15(6-10-2-3-12(17)8-13(10)18)11-7-16-14(20-9-11)4-5-21-16/h2-5,7-9,15,19H,6H2,1H3. The first kappa shape index (κ1) is 14.1. The van der Waals surface area contributed by atoms with Gasteiger partial charge >= 0.3 is 0 Å². The summed E-state index contributed by atoms with van der Waals surface area (Å²) in [6.45, 7) is 0. The molecule has 0 saturated heterocycles. The zero-order chi connectivity index (χ0) is 14.8. The van der Waals surface area contributed by atoms with Crippen molar-refractivity contribution in [2.45, 2.75) is 12.5 Å². The molecule has 0 saturated carbocycles. The van der Waals surface area contributed by atoms with Gasteiger partial charge in [-0.05, 0) is 48.2 Å². The van der Waals surface area contributed by atoms with Crippen molar-refractivity contribution in [3.05, 3.63) is 64.7 Å². The number of nitrogens with zero attached hydrogens (tertiary/aromatic N) is 1. The van der Waals surface area contributed by atoms with E-state index in [-0.39, 0.29) is 6.04 Å². The monoisotopic (exact) mass is 304 g/mol. The first-order chi connectivity index (χ1) is 10.2. The first-order valence-corrected chi connectivity index (χ1v) is 7.49. The lowest BCUT2D eigenvalue weighted by atomic mass is 10.00. The molecule has 0 spiro atoms. The maximum atomic E-state index is 13.8. The van der Waals surface area contributed by atoms with Crippen molar-refractivity contribution in [3.8, 4) is 0 Å². The van der Waals surface area contributed by atoms with E-state index in [1.165, 1.54) is 12.1 Å². The van der Waals surface area contributed by atoms with Crippen LogP contribution in [0.1, 0.15) is 17.2 Å². The summed E-state index contributed by atoms with van der Waals surface area (Å²) >= 11 is 1.63. The largest absolute Gasteiger partial charge is 0.313 e. The molecular weight excluding hydrogens is 290 g/mol. The summed E-state index contributed by atoms with van der Waals surface area (Å²) < 4.78 is 27.9. The molecule has 0 aliphatic rings. The molecule has 2 aromatic heterocycles. The summed E-state index contributed by atoms with van der Waals surface area (Å²) in [4.78, 5) is 4.40. The zero-order valence-corrected chi connectivity index (χ0v) is 12.3. The maximum absolute atomic E-state index is 13.8. The number of rotatable bonds is 4. The van der Waals surface area contributed by atoms with E-state index in [1.807, 2.05) is 18.5 Å². The Hall–Kier alpha value is -1.85. The quantitative estimate of drug-likeness (QED) is 0.785. The van der Waals surface area contributed by atoms with Gasteiger partial charge in [0.2, 0.25) is 0 Å². The third kappa shape index (κ3) is 2.94. The number of hydrogen-bond acceptors (Lipinski definition) is 3. The van der Waals surface area contributed by atoms with E-state index in [4.69, 9.17) is 0 Å². The van der Waals surface area contributed by atoms with E-state index in [9.17, 15) is 8.78 Å². The van der Waals surface area contributed by atoms with Gasteiger partial charge < -0.3 is 5.32 Å². The minimum atomic E-state index is -0.557. The highest BCUT2D eigenvalue weighted by Crippen LogP contribution is 2.25. The Morgan fingerprint density at radius 1 is 1.24 bits per heavy atom. The highest BCUT2D eigenvalue weighted by atomic mass is 32.1. The average molecular weight is 304 g/mol. The van der Waals surface area contributed by atoms with Gasteiger partial charge in [-0.15, -0.1) is 11.3 Å². The Balaban J connectivity index is 1.90. The van der Waals surface area contributed by atoms with Crippen LogP contribution in [0.3, 0.4) is 0 Å². The number of aromatic nitrogens is 1. The van der Waals surface area contributed by atoms with E-state index in [0.29, 0.717) is 12.0 Å². The summed E-state index contributed by atoms with van der Waals surface area (Å²) in [5, 5.41) is 5.17. The van der Waals surface area contributed by atoms with Crippen molar-refractivity contribution >= 4 is 21.6 Å². The highest BCUT2D eigenvalue weighted by molar-refractivity contribution is 7.17. The lowest BCUT2D eigenvalue weighted by Gasteiger charge is -2.17. The molecule has 0 fully saturated rings. The number of benzene rings is 1. The summed E-state index contributed by atoms with van der Waals surface area (Å²) in [5.41, 5.74) is 2.45. The topological polar surface area (TPSA) is 24.9 Å². The second kappa shape index (κ2) is 5.87. The summed E-state index contributed by atoms with van der Waals surface area (Å²) in [5.74, 6) is -1.07. The fraction of sp³-hybridized carbons (Fsp3) is 0.188. The van der Waals surface area contributed by atoms with Gasteiger partial charge in [-0.25, -0.2) is 8.78 Å². The molecule has 0 aliphatic carbocycles. The number of nitrogens with one attached hydrogen (secondary N) is 1. The zero-order valence-electron chi connectivity index (χ0n) is 11.4. The molecule has 5 heteroatoms. The Morgan fingerprint density at radius 2 is 2.10 bits per heavy atom. The fourth-order valence-electron chi connectivity index (χ4n) is 2.35. The number of likely N-dealkylation sites (N-methyl/N-ethyl adjacent to an activating group) is 1. The predicted molar refractivity (Wildman–Crippen MR) is 81.5 cm³/mol. The van der Waals surface area contributed by atoms with Crippen molar-refractivity contribution < 1.29 is 8.78 Å². The minimum absolute atomic E-state index is 0.0658. The number of thiophene rings is 1. The van der Waals surface area contributed by atoms with Crippen LogP contribution in [0.5, 0.6) is 0 Å². The normalized spacial score (nSPS) is 12.7. The van der Waals surface area contributed by atoms with Crippen LogP contribution < -0.4 is 5.32 Å². The third-order valence-electron chi connectivity index (χ3n) is 3.51. The molecule has 21 heavy (non-hydrogen) atoms. The van der Waals surface area contributed by atoms with Crippen molar-refractivity contribution in [2.75, 3.05) is 7.05 Å². The maximum Gasteiger partial charge on any atom is 0.129 e. The van der Waals surface area contributed by atoms with Crippen LogP contribution >= 0.6 is 11.3 Å². The molecule has 1 atom stereocenters. The smallest absolute Gasteiger partial charge is 0.129 e. The van der Waals surface area contributed by atoms with Crippen molar-refractivity contribution in [1.29, 1.82) is 0 Å². The lowest BCUT2D eigenvalue weighted by molar-refractivity contribution is 0.540. The molecule has 2 nitrogen and oxygen atoms in total. The van der Waals surface area contributed by atoms with Gasteiger partial charge in [0.15, 0.2) is 0 Å². The van der Waals surface area contributed by atoms with Gasteiger partial charge in [-0.2, -0.15) is 0 Å². The Bertz CT molecular complexity index is 770. The van der Waals surface area contributed by atoms with Gasteiger partial charge in [0.05, 0.1) is 10.2 Å². The fourth-order valence-corrected chi connectivity index (χ4v) is 3.14. The van der Waals surface area contributed by atoms with Crippen molar-refractivity contribution in [2.24, 2.45) is 0 Å². The highest BCUT2D eigenvalue weighted by Gasteiger charge is 2.14. The molecule has 3 rings (SSSR count). The molecule has 0 amide bonds. The minimum Gasteiger partial charge on any atom is -0.313 e. The number of hydrogen-bond donors (Lipinski definition) is 1. The molecule has 2 heterocycles. The third-order valence-corrected chi connectivity index (χ3v) is 4.37. The number of pyridine rings is 1. The van der Waals surface area contributed by atoms with Gasteiger partial charge in [0.1, 0.15) is 11.6 Å². The van der Waals surface area contributed by atoms with E-state index >= 15 is 0 Å².